The summed E-state index contributed by atoms with van der Waals surface area (Å²) in [4.78, 5) is 16.5. The lowest BCUT2D eigenvalue weighted by Crippen LogP contribution is -2.67. The normalized spacial score (nSPS) is 13.4. The Balaban J connectivity index is 2.11. The average molecular weight is 527 g/mol. The standard InChI is InChI=1S/C32H52N3O3/c1-6-35(25-27-37,34(23-26-36)31(38)32(4,5)29-16-10-7-11-17-29)24-15-9-14-21-33(22-20-28(2)3)30-18-12-8-13-19-30/h7-8,10-13,16-19,28,36-37H,6,9,14-15,20-27H2,1-5H3/q+1. The highest BCUT2D eigenvalue weighted by Crippen LogP contribution is 2.29. The number of para-hydroxylation sites is 1. The van der Waals surface area contributed by atoms with Crippen LogP contribution in [-0.2, 0) is 10.2 Å². The van der Waals surface area contributed by atoms with Crippen molar-refractivity contribution in [1.82, 2.24) is 5.01 Å². The van der Waals surface area contributed by atoms with Crippen LogP contribution >= 0.6 is 0 Å². The largest absolute Gasteiger partial charge is 0.394 e. The van der Waals surface area contributed by atoms with Gasteiger partial charge in [0.15, 0.2) is 0 Å². The van der Waals surface area contributed by atoms with Crippen molar-refractivity contribution in [2.75, 3.05) is 57.4 Å². The van der Waals surface area contributed by atoms with Crippen molar-refractivity contribution < 1.29 is 19.6 Å². The third-order valence-electron chi connectivity index (χ3n) is 7.79. The van der Waals surface area contributed by atoms with Crippen LogP contribution in [0.5, 0.6) is 0 Å². The van der Waals surface area contributed by atoms with Gasteiger partial charge >= 0.3 is 0 Å². The summed E-state index contributed by atoms with van der Waals surface area (Å²) in [5, 5.41) is 21.8. The van der Waals surface area contributed by atoms with E-state index < -0.39 is 5.41 Å². The molecular weight excluding hydrogens is 474 g/mol. The Morgan fingerprint density at radius 1 is 0.842 bits per heavy atom. The third kappa shape index (κ3) is 8.82. The molecule has 38 heavy (non-hydrogen) atoms. The molecule has 0 aromatic heterocycles. The fourth-order valence-corrected chi connectivity index (χ4v) is 5.24. The van der Waals surface area contributed by atoms with Crippen molar-refractivity contribution >= 4 is 11.6 Å². The van der Waals surface area contributed by atoms with Gasteiger partial charge in [0, 0.05) is 18.8 Å². The molecule has 0 bridgehead atoms. The first-order chi connectivity index (χ1) is 18.2. The molecule has 1 atom stereocenters. The number of likely N-dealkylation sites (N-methyl/N-ethyl adjacent to an activating group) is 1. The van der Waals surface area contributed by atoms with Gasteiger partial charge < -0.3 is 15.1 Å². The third-order valence-corrected chi connectivity index (χ3v) is 7.79. The molecule has 0 saturated carbocycles. The summed E-state index contributed by atoms with van der Waals surface area (Å²) in [5.74, 6) is 0.648. The van der Waals surface area contributed by atoms with Gasteiger partial charge in [0.25, 0.3) is 5.91 Å². The summed E-state index contributed by atoms with van der Waals surface area (Å²) in [6.45, 7) is 14.6. The van der Waals surface area contributed by atoms with Crippen LogP contribution in [0.1, 0.15) is 65.9 Å². The molecule has 0 aliphatic rings. The van der Waals surface area contributed by atoms with Crippen LogP contribution in [0.2, 0.25) is 0 Å². The fourth-order valence-electron chi connectivity index (χ4n) is 5.24. The molecule has 0 saturated heterocycles. The molecule has 1 unspecified atom stereocenters. The molecular formula is C32H52N3O3+. The van der Waals surface area contributed by atoms with Crippen LogP contribution in [0.4, 0.5) is 5.69 Å². The van der Waals surface area contributed by atoms with Crippen LogP contribution in [-0.4, -0.2) is 78.2 Å². The van der Waals surface area contributed by atoms with Gasteiger partial charge in [-0.15, -0.1) is 0 Å². The molecule has 212 valence electrons. The molecule has 0 radical (unpaired) electrons. The average Bonchev–Trinajstić information content (AvgIpc) is 2.93. The summed E-state index contributed by atoms with van der Waals surface area (Å²) in [7, 11) is 0. The fraction of sp³-hybridized carbons (Fsp3) is 0.594. The van der Waals surface area contributed by atoms with E-state index in [0.29, 0.717) is 23.6 Å². The number of benzene rings is 2. The second-order valence-corrected chi connectivity index (χ2v) is 11.3. The van der Waals surface area contributed by atoms with E-state index in [9.17, 15) is 15.0 Å². The topological polar surface area (TPSA) is 64.0 Å². The Hall–Kier alpha value is -2.41. The number of carbonyl (C=O) groups excluding carboxylic acids is 1. The van der Waals surface area contributed by atoms with Crippen LogP contribution < -0.4 is 4.90 Å². The molecule has 6 heteroatoms. The van der Waals surface area contributed by atoms with E-state index >= 15 is 0 Å². The quantitative estimate of drug-likeness (QED) is 0.158. The maximum atomic E-state index is 14.0. The second kappa shape index (κ2) is 15.9. The number of anilines is 1. The zero-order valence-corrected chi connectivity index (χ0v) is 24.5. The zero-order valence-electron chi connectivity index (χ0n) is 24.5. The Kier molecular flexibility index (Phi) is 13.3. The number of carbonyl (C=O) groups is 1. The molecule has 2 aromatic rings. The van der Waals surface area contributed by atoms with E-state index in [4.69, 9.17) is 0 Å². The molecule has 0 aliphatic carbocycles. The Bertz CT molecular complexity index is 920. The first kappa shape index (κ1) is 31.8. The van der Waals surface area contributed by atoms with Crippen LogP contribution in [0.3, 0.4) is 0 Å². The Labute approximate surface area is 231 Å². The lowest BCUT2D eigenvalue weighted by atomic mass is 9.83. The molecule has 6 nitrogen and oxygen atoms in total. The highest BCUT2D eigenvalue weighted by Gasteiger charge is 2.43. The maximum Gasteiger partial charge on any atom is 0.277 e. The van der Waals surface area contributed by atoms with Crippen LogP contribution in [0.15, 0.2) is 60.7 Å². The summed E-state index contributed by atoms with van der Waals surface area (Å²) in [6, 6.07) is 20.5. The minimum Gasteiger partial charge on any atom is -0.394 e. The number of aliphatic hydroxyl groups excluding tert-OH is 2. The van der Waals surface area contributed by atoms with Crippen molar-refractivity contribution in [3.63, 3.8) is 0 Å². The predicted octanol–water partition coefficient (Wildman–Crippen LogP) is 5.25. The second-order valence-electron chi connectivity index (χ2n) is 11.3. The van der Waals surface area contributed by atoms with Crippen LogP contribution in [0, 0.1) is 5.92 Å². The highest BCUT2D eigenvalue weighted by molar-refractivity contribution is 5.86. The van der Waals surface area contributed by atoms with Crippen molar-refractivity contribution in [3.8, 4) is 0 Å². The van der Waals surface area contributed by atoms with Gasteiger partial charge in [-0.05, 0) is 70.1 Å². The van der Waals surface area contributed by atoms with Crippen molar-refractivity contribution in [1.29, 1.82) is 0 Å². The number of amides is 1. The molecule has 2 aromatic carbocycles. The van der Waals surface area contributed by atoms with E-state index in [-0.39, 0.29) is 25.7 Å². The van der Waals surface area contributed by atoms with Gasteiger partial charge in [-0.25, -0.2) is 4.59 Å². The van der Waals surface area contributed by atoms with Gasteiger partial charge in [-0.2, -0.15) is 5.01 Å². The highest BCUT2D eigenvalue weighted by atomic mass is 16.3. The summed E-state index contributed by atoms with van der Waals surface area (Å²) in [6.07, 6.45) is 4.22. The summed E-state index contributed by atoms with van der Waals surface area (Å²) in [5.41, 5.74) is 1.49. The van der Waals surface area contributed by atoms with E-state index in [0.717, 1.165) is 50.9 Å². The van der Waals surface area contributed by atoms with Crippen LogP contribution in [0.25, 0.3) is 0 Å². The Morgan fingerprint density at radius 2 is 1.47 bits per heavy atom. The lowest BCUT2D eigenvalue weighted by Gasteiger charge is -2.47. The van der Waals surface area contributed by atoms with Gasteiger partial charge in [0.1, 0.15) is 13.1 Å². The van der Waals surface area contributed by atoms with E-state index in [1.807, 2.05) is 49.2 Å². The van der Waals surface area contributed by atoms with Crippen molar-refractivity contribution in [3.05, 3.63) is 66.2 Å². The van der Waals surface area contributed by atoms with E-state index in [1.54, 1.807) is 0 Å². The smallest absolute Gasteiger partial charge is 0.277 e. The predicted molar refractivity (Wildman–Crippen MR) is 158 cm³/mol. The molecule has 1 amide bonds. The van der Waals surface area contributed by atoms with Gasteiger partial charge in [0.2, 0.25) is 0 Å². The number of aliphatic hydroxyl groups is 2. The monoisotopic (exact) mass is 526 g/mol. The van der Waals surface area contributed by atoms with Gasteiger partial charge in [-0.3, -0.25) is 4.79 Å². The van der Waals surface area contributed by atoms with Crippen molar-refractivity contribution in [2.24, 2.45) is 5.92 Å². The maximum absolute atomic E-state index is 14.0. The lowest BCUT2D eigenvalue weighted by molar-refractivity contribution is -1.02. The molecule has 2 N–H and O–H groups in total. The van der Waals surface area contributed by atoms with E-state index in [2.05, 4.69) is 56.0 Å². The minimum absolute atomic E-state index is 0.00813. The summed E-state index contributed by atoms with van der Waals surface area (Å²) < 4.78 is 0.363. The summed E-state index contributed by atoms with van der Waals surface area (Å²) >= 11 is 0. The number of hydrogen-bond acceptors (Lipinski definition) is 4. The molecule has 0 spiro atoms. The number of nitrogens with zero attached hydrogens (tertiary/aromatic N) is 3. The zero-order chi connectivity index (χ0) is 28.0. The molecule has 0 heterocycles. The van der Waals surface area contributed by atoms with E-state index in [1.165, 1.54) is 5.69 Å². The molecule has 2 rings (SSSR count). The first-order valence-electron chi connectivity index (χ1n) is 14.5. The van der Waals surface area contributed by atoms with Gasteiger partial charge in [0.05, 0.1) is 31.7 Å². The minimum atomic E-state index is -0.739. The van der Waals surface area contributed by atoms with Gasteiger partial charge in [-0.1, -0.05) is 62.4 Å². The SMILES string of the molecule is CC[N+](CCO)(CCCCCN(CCC(C)C)c1ccccc1)N(CCO)C(=O)C(C)(C)c1ccccc1. The number of quaternary nitrogens is 1. The Morgan fingerprint density at radius 3 is 2.03 bits per heavy atom. The molecule has 0 aliphatic heterocycles. The molecule has 0 fully saturated rings. The first-order valence-corrected chi connectivity index (χ1v) is 14.5. The number of unbranched alkanes of at least 4 members (excludes halogenated alkanes) is 2. The number of hydrogen-bond donors (Lipinski definition) is 2. The van der Waals surface area contributed by atoms with Crippen molar-refractivity contribution in [2.45, 2.75) is 65.7 Å². The number of rotatable bonds is 18.